The van der Waals surface area contributed by atoms with Crippen molar-refractivity contribution in [3.05, 3.63) is 16.4 Å². The summed E-state index contributed by atoms with van der Waals surface area (Å²) in [7, 11) is 1.87. The van der Waals surface area contributed by atoms with Crippen LogP contribution >= 0.6 is 49.9 Å². The zero-order valence-electron chi connectivity index (χ0n) is 6.82. The first kappa shape index (κ1) is 15.1. The zero-order valence-corrected chi connectivity index (χ0v) is 11.8. The Bertz CT molecular complexity index is 214. The molecule has 1 aromatic rings. The van der Waals surface area contributed by atoms with E-state index in [-0.39, 0.29) is 40.0 Å². The third kappa shape index (κ3) is 3.55. The van der Waals surface area contributed by atoms with Gasteiger partial charge in [-0.05, 0) is 28.9 Å². The number of rotatable bonds is 1. The maximum atomic E-state index is 5.60. The van der Waals surface area contributed by atoms with Crippen LogP contribution in [0.25, 0.3) is 0 Å². The van der Waals surface area contributed by atoms with E-state index in [0.29, 0.717) is 0 Å². The Morgan fingerprint density at radius 1 is 1.58 bits per heavy atom. The van der Waals surface area contributed by atoms with Crippen molar-refractivity contribution in [1.29, 1.82) is 0 Å². The lowest BCUT2D eigenvalue weighted by Crippen LogP contribution is -2.06. The van der Waals surface area contributed by atoms with E-state index in [2.05, 4.69) is 21.0 Å². The molecule has 12 heavy (non-hydrogen) atoms. The molecule has 0 aliphatic heterocycles. The minimum Gasteiger partial charge on any atom is -0.323 e. The third-order valence-corrected chi connectivity index (χ3v) is 2.05. The van der Waals surface area contributed by atoms with E-state index < -0.39 is 0 Å². The molecule has 3 nitrogen and oxygen atoms in total. The Morgan fingerprint density at radius 2 is 2.08 bits per heavy atom. The van der Waals surface area contributed by atoms with Gasteiger partial charge in [0.05, 0.1) is 5.69 Å². The summed E-state index contributed by atoms with van der Waals surface area (Å²) in [5, 5.41) is 4.15. The van der Waals surface area contributed by atoms with Gasteiger partial charge >= 0.3 is 0 Å². The quantitative estimate of drug-likeness (QED) is 0.830. The standard InChI is InChI=1S/C6H10BrN3.2BrH/c1-4(8)5-3-6(7)10(2)9-5;;/h3-4H,8H2,1-2H3;2*1H. The van der Waals surface area contributed by atoms with Gasteiger partial charge in [-0.1, -0.05) is 0 Å². The number of halogens is 3. The van der Waals surface area contributed by atoms with Gasteiger partial charge in [0, 0.05) is 13.1 Å². The number of nitrogens with zero attached hydrogens (tertiary/aromatic N) is 2. The number of hydrogen-bond acceptors (Lipinski definition) is 2. The monoisotopic (exact) mass is 363 g/mol. The normalized spacial score (nSPS) is 11.3. The van der Waals surface area contributed by atoms with Gasteiger partial charge in [0.1, 0.15) is 4.60 Å². The van der Waals surface area contributed by atoms with Crippen molar-refractivity contribution in [2.24, 2.45) is 12.8 Å². The molecule has 0 aliphatic rings. The summed E-state index contributed by atoms with van der Waals surface area (Å²) in [4.78, 5) is 0. The van der Waals surface area contributed by atoms with E-state index in [4.69, 9.17) is 5.73 Å². The second-order valence-electron chi connectivity index (χ2n) is 2.30. The molecule has 0 bridgehead atoms. The molecule has 0 amide bonds. The lowest BCUT2D eigenvalue weighted by molar-refractivity contribution is 0.691. The summed E-state index contributed by atoms with van der Waals surface area (Å²) in [6.07, 6.45) is 0. The Balaban J connectivity index is 0. The van der Waals surface area contributed by atoms with Gasteiger partial charge in [-0.25, -0.2) is 0 Å². The van der Waals surface area contributed by atoms with Gasteiger partial charge in [0.15, 0.2) is 0 Å². The largest absolute Gasteiger partial charge is 0.323 e. The average Bonchev–Trinajstić information content (AvgIpc) is 2.13. The Morgan fingerprint density at radius 3 is 2.25 bits per heavy atom. The Kier molecular flexibility index (Phi) is 7.70. The highest BCUT2D eigenvalue weighted by Gasteiger charge is 2.04. The summed E-state index contributed by atoms with van der Waals surface area (Å²) in [5.41, 5.74) is 6.51. The second kappa shape index (κ2) is 6.12. The first-order valence-corrected chi connectivity index (χ1v) is 3.85. The fraction of sp³-hybridized carbons (Fsp3) is 0.500. The molecule has 0 radical (unpaired) electrons. The highest BCUT2D eigenvalue weighted by atomic mass is 79.9. The van der Waals surface area contributed by atoms with Crippen LogP contribution < -0.4 is 5.73 Å². The lowest BCUT2D eigenvalue weighted by Gasteiger charge is -1.96. The molecule has 0 fully saturated rings. The zero-order chi connectivity index (χ0) is 7.72. The van der Waals surface area contributed by atoms with Crippen molar-refractivity contribution in [3.63, 3.8) is 0 Å². The van der Waals surface area contributed by atoms with Gasteiger partial charge < -0.3 is 5.73 Å². The van der Waals surface area contributed by atoms with Gasteiger partial charge in [-0.2, -0.15) is 5.10 Å². The summed E-state index contributed by atoms with van der Waals surface area (Å²) >= 11 is 3.33. The molecule has 1 heterocycles. The number of nitrogens with two attached hydrogens (primary N) is 1. The molecule has 0 spiro atoms. The van der Waals surface area contributed by atoms with E-state index in [9.17, 15) is 0 Å². The molecule has 2 N–H and O–H groups in total. The van der Waals surface area contributed by atoms with E-state index >= 15 is 0 Å². The predicted octanol–water partition coefficient (Wildman–Crippen LogP) is 2.36. The Hall–Kier alpha value is 0.610. The van der Waals surface area contributed by atoms with Crippen molar-refractivity contribution in [2.45, 2.75) is 13.0 Å². The number of hydrogen-bond donors (Lipinski definition) is 1. The topological polar surface area (TPSA) is 43.8 Å². The van der Waals surface area contributed by atoms with Crippen molar-refractivity contribution in [3.8, 4) is 0 Å². The average molecular weight is 366 g/mol. The molecule has 0 saturated heterocycles. The maximum Gasteiger partial charge on any atom is 0.104 e. The molecule has 6 heteroatoms. The molecule has 1 aromatic heterocycles. The molecular formula is C6H12Br3N3. The highest BCUT2D eigenvalue weighted by molar-refractivity contribution is 9.10. The van der Waals surface area contributed by atoms with E-state index in [1.54, 1.807) is 4.68 Å². The van der Waals surface area contributed by atoms with Crippen molar-refractivity contribution < 1.29 is 0 Å². The first-order chi connectivity index (χ1) is 4.61. The van der Waals surface area contributed by atoms with Gasteiger partial charge in [-0.3, -0.25) is 4.68 Å². The van der Waals surface area contributed by atoms with Crippen LogP contribution in [0.1, 0.15) is 18.7 Å². The van der Waals surface area contributed by atoms with Crippen LogP contribution in [0, 0.1) is 0 Å². The first-order valence-electron chi connectivity index (χ1n) is 3.06. The van der Waals surface area contributed by atoms with Crippen LogP contribution in [0.3, 0.4) is 0 Å². The van der Waals surface area contributed by atoms with Crippen molar-refractivity contribution in [1.82, 2.24) is 9.78 Å². The van der Waals surface area contributed by atoms with Crippen LogP contribution in [-0.4, -0.2) is 9.78 Å². The molecule has 1 atom stereocenters. The second-order valence-corrected chi connectivity index (χ2v) is 3.12. The summed E-state index contributed by atoms with van der Waals surface area (Å²) in [6, 6.07) is 1.93. The summed E-state index contributed by atoms with van der Waals surface area (Å²) in [6.45, 7) is 1.91. The van der Waals surface area contributed by atoms with Crippen LogP contribution in [-0.2, 0) is 7.05 Å². The smallest absolute Gasteiger partial charge is 0.104 e. The maximum absolute atomic E-state index is 5.60. The highest BCUT2D eigenvalue weighted by Crippen LogP contribution is 2.14. The van der Waals surface area contributed by atoms with E-state index in [1.165, 1.54) is 0 Å². The molecule has 0 aromatic carbocycles. The summed E-state index contributed by atoms with van der Waals surface area (Å²) < 4.78 is 2.71. The SMILES string of the molecule is Br.Br.CC(N)c1cc(Br)n(C)n1. The van der Waals surface area contributed by atoms with Gasteiger partial charge in [-0.15, -0.1) is 34.0 Å². The lowest BCUT2D eigenvalue weighted by atomic mass is 10.3. The fourth-order valence-corrected chi connectivity index (χ4v) is 1.00. The third-order valence-electron chi connectivity index (χ3n) is 1.31. The number of aromatic nitrogens is 2. The van der Waals surface area contributed by atoms with Gasteiger partial charge in [0.25, 0.3) is 0 Å². The van der Waals surface area contributed by atoms with Crippen molar-refractivity contribution >= 4 is 49.9 Å². The van der Waals surface area contributed by atoms with Crippen LogP contribution in [0.4, 0.5) is 0 Å². The van der Waals surface area contributed by atoms with Crippen LogP contribution in [0.15, 0.2) is 10.7 Å². The molecule has 72 valence electrons. The number of aryl methyl sites for hydroxylation is 1. The molecule has 0 saturated carbocycles. The predicted molar refractivity (Wildman–Crippen MR) is 64.2 cm³/mol. The molecule has 0 aliphatic carbocycles. The van der Waals surface area contributed by atoms with Crippen molar-refractivity contribution in [2.75, 3.05) is 0 Å². The molecule has 1 rings (SSSR count). The van der Waals surface area contributed by atoms with Crippen LogP contribution in [0.5, 0.6) is 0 Å². The minimum atomic E-state index is 0. The van der Waals surface area contributed by atoms with E-state index in [1.807, 2.05) is 20.0 Å². The minimum absolute atomic E-state index is 0. The van der Waals surface area contributed by atoms with Crippen LogP contribution in [0.2, 0.25) is 0 Å². The summed E-state index contributed by atoms with van der Waals surface area (Å²) in [5.74, 6) is 0. The Labute approximate surface area is 101 Å². The van der Waals surface area contributed by atoms with Gasteiger partial charge in [0.2, 0.25) is 0 Å². The molecule has 1 unspecified atom stereocenters. The fourth-order valence-electron chi connectivity index (χ4n) is 0.688. The van der Waals surface area contributed by atoms with E-state index in [0.717, 1.165) is 10.3 Å². The molecular weight excluding hydrogens is 354 g/mol.